The van der Waals surface area contributed by atoms with Crippen LogP contribution in [0, 0.1) is 24.7 Å². The molecule has 0 aromatic carbocycles. The van der Waals surface area contributed by atoms with E-state index in [9.17, 15) is 4.79 Å². The predicted molar refractivity (Wildman–Crippen MR) is 98.1 cm³/mol. The van der Waals surface area contributed by atoms with E-state index in [4.69, 9.17) is 0 Å². The number of hydrogen-bond donors (Lipinski definition) is 1. The fourth-order valence-corrected chi connectivity index (χ4v) is 3.62. The van der Waals surface area contributed by atoms with Crippen molar-refractivity contribution in [2.45, 2.75) is 33.2 Å². The molecule has 25 heavy (non-hydrogen) atoms. The lowest BCUT2D eigenvalue weighted by molar-refractivity contribution is -0.114. The van der Waals surface area contributed by atoms with Gasteiger partial charge in [-0.15, -0.1) is 11.3 Å². The zero-order chi connectivity index (χ0) is 17.6. The monoisotopic (exact) mass is 355 g/mol. The molecule has 1 fully saturated rings. The van der Waals surface area contributed by atoms with E-state index in [1.807, 2.05) is 19.2 Å². The maximum absolute atomic E-state index is 11.1. The summed E-state index contributed by atoms with van der Waals surface area (Å²) in [7, 11) is 0. The minimum absolute atomic E-state index is 0.0853. The number of thiazole rings is 1. The van der Waals surface area contributed by atoms with E-state index in [-0.39, 0.29) is 5.91 Å². The number of likely N-dealkylation sites (tertiary alicyclic amines) is 1. The molecule has 0 radical (unpaired) electrons. The molecule has 1 amide bonds. The van der Waals surface area contributed by atoms with Gasteiger partial charge in [0.15, 0.2) is 5.13 Å². The molecule has 3 heterocycles. The van der Waals surface area contributed by atoms with Gasteiger partial charge in [0, 0.05) is 42.4 Å². The Bertz CT molecular complexity index is 799. The summed E-state index contributed by atoms with van der Waals surface area (Å²) in [5.74, 6) is 7.34. The number of piperidine rings is 1. The Labute approximate surface area is 151 Å². The quantitative estimate of drug-likeness (QED) is 0.857. The largest absolute Gasteiger partial charge is 0.302 e. The van der Waals surface area contributed by atoms with Crippen molar-refractivity contribution in [1.29, 1.82) is 0 Å². The first kappa shape index (κ1) is 17.5. The lowest BCUT2D eigenvalue weighted by Gasteiger charge is -2.29. The first-order valence-electron chi connectivity index (χ1n) is 8.34. The van der Waals surface area contributed by atoms with Gasteiger partial charge in [-0.2, -0.15) is 0 Å². The molecule has 0 atom stereocenters. The fourth-order valence-electron chi connectivity index (χ4n) is 2.72. The number of nitrogens with zero attached hydrogens (tertiary/aromatic N) is 4. The summed E-state index contributed by atoms with van der Waals surface area (Å²) in [6, 6.07) is 1.88. The van der Waals surface area contributed by atoms with Gasteiger partial charge in [-0.3, -0.25) is 9.69 Å². The molecule has 7 heteroatoms. The Morgan fingerprint density at radius 2 is 2.20 bits per heavy atom. The molecule has 0 unspecified atom stereocenters. The first-order valence-corrected chi connectivity index (χ1v) is 9.16. The molecule has 1 saturated heterocycles. The summed E-state index contributed by atoms with van der Waals surface area (Å²) in [6.07, 6.45) is 5.70. The molecular weight excluding hydrogens is 334 g/mol. The average Bonchev–Trinajstić information content (AvgIpc) is 3.00. The normalized spacial score (nSPS) is 15.4. The molecule has 3 rings (SSSR count). The van der Waals surface area contributed by atoms with Gasteiger partial charge in [0.25, 0.3) is 0 Å². The van der Waals surface area contributed by atoms with Gasteiger partial charge >= 0.3 is 0 Å². The predicted octanol–water partition coefficient (Wildman–Crippen LogP) is 2.46. The van der Waals surface area contributed by atoms with E-state index < -0.39 is 0 Å². The number of aryl methyl sites for hydroxylation is 1. The number of nitrogens with one attached hydrogen (secondary N) is 1. The first-order chi connectivity index (χ1) is 12.1. The maximum Gasteiger partial charge on any atom is 0.223 e. The molecule has 0 spiro atoms. The van der Waals surface area contributed by atoms with Crippen LogP contribution in [0.1, 0.15) is 36.2 Å². The molecule has 6 nitrogen and oxygen atoms in total. The van der Waals surface area contributed by atoms with Gasteiger partial charge in [-0.25, -0.2) is 15.0 Å². The van der Waals surface area contributed by atoms with Crippen molar-refractivity contribution in [2.24, 2.45) is 5.92 Å². The smallest absolute Gasteiger partial charge is 0.223 e. The number of hydrogen-bond acceptors (Lipinski definition) is 6. The summed E-state index contributed by atoms with van der Waals surface area (Å²) >= 11 is 1.54. The maximum atomic E-state index is 11.1. The molecule has 1 N–H and O–H groups in total. The van der Waals surface area contributed by atoms with E-state index in [0.29, 0.717) is 16.9 Å². The highest BCUT2D eigenvalue weighted by Crippen LogP contribution is 2.23. The number of carbonyl (C=O) groups excluding carboxylic acids is 1. The van der Waals surface area contributed by atoms with Crippen molar-refractivity contribution in [3.8, 4) is 11.8 Å². The topological polar surface area (TPSA) is 71.0 Å². The lowest BCUT2D eigenvalue weighted by Crippen LogP contribution is -2.32. The molecule has 2 aromatic heterocycles. The molecule has 1 aliphatic rings. The van der Waals surface area contributed by atoms with Crippen LogP contribution in [0.15, 0.2) is 18.5 Å². The third kappa shape index (κ3) is 5.34. The van der Waals surface area contributed by atoms with E-state index in [1.54, 1.807) is 6.20 Å². The van der Waals surface area contributed by atoms with Gasteiger partial charge in [-0.05, 0) is 44.8 Å². The number of anilines is 1. The van der Waals surface area contributed by atoms with Gasteiger partial charge < -0.3 is 5.32 Å². The van der Waals surface area contributed by atoms with Crippen molar-refractivity contribution in [1.82, 2.24) is 19.9 Å². The van der Waals surface area contributed by atoms with Crippen LogP contribution in [0.5, 0.6) is 0 Å². The summed E-state index contributed by atoms with van der Waals surface area (Å²) < 4.78 is 0. The van der Waals surface area contributed by atoms with Crippen LogP contribution in [-0.2, 0) is 11.3 Å². The Morgan fingerprint density at radius 3 is 2.92 bits per heavy atom. The SMILES string of the molecule is CC(=O)Nc1ncc(CN2CCC(C#Cc3nccc(C)n3)CC2)s1. The number of aromatic nitrogens is 3. The van der Waals surface area contributed by atoms with Crippen molar-refractivity contribution in [3.63, 3.8) is 0 Å². The lowest BCUT2D eigenvalue weighted by atomic mass is 9.97. The van der Waals surface area contributed by atoms with Crippen LogP contribution in [0.3, 0.4) is 0 Å². The highest BCUT2D eigenvalue weighted by Gasteiger charge is 2.18. The van der Waals surface area contributed by atoms with Crippen molar-refractivity contribution in [2.75, 3.05) is 18.4 Å². The standard InChI is InChI=1S/C18H21N5OS/c1-13-5-8-19-17(21-13)4-3-15-6-9-23(10-7-15)12-16-11-20-18(25-16)22-14(2)24/h5,8,11,15H,6-7,9-10,12H2,1-2H3,(H,20,22,24). The van der Waals surface area contributed by atoms with Crippen LogP contribution >= 0.6 is 11.3 Å². The Kier molecular flexibility index (Phi) is 5.74. The molecule has 0 saturated carbocycles. The van der Waals surface area contributed by atoms with Crippen molar-refractivity contribution >= 4 is 22.4 Å². The molecule has 1 aliphatic heterocycles. The highest BCUT2D eigenvalue weighted by molar-refractivity contribution is 7.15. The average molecular weight is 355 g/mol. The van der Waals surface area contributed by atoms with E-state index >= 15 is 0 Å². The van der Waals surface area contributed by atoms with Crippen LogP contribution in [0.2, 0.25) is 0 Å². The summed E-state index contributed by atoms with van der Waals surface area (Å²) in [5, 5.41) is 3.39. The Morgan fingerprint density at radius 1 is 1.40 bits per heavy atom. The van der Waals surface area contributed by atoms with Crippen molar-refractivity contribution < 1.29 is 4.79 Å². The van der Waals surface area contributed by atoms with Gasteiger partial charge in [0.1, 0.15) is 0 Å². The third-order valence-corrected chi connectivity index (χ3v) is 4.88. The Balaban J connectivity index is 1.49. The van der Waals surface area contributed by atoms with Gasteiger partial charge in [0.2, 0.25) is 11.7 Å². The molecular formula is C18H21N5OS. The van der Waals surface area contributed by atoms with Crippen LogP contribution < -0.4 is 5.32 Å². The minimum Gasteiger partial charge on any atom is -0.302 e. The van der Waals surface area contributed by atoms with Crippen LogP contribution in [-0.4, -0.2) is 38.8 Å². The molecule has 2 aromatic rings. The van der Waals surface area contributed by atoms with E-state index in [1.165, 1.54) is 23.1 Å². The van der Waals surface area contributed by atoms with Crippen molar-refractivity contribution in [3.05, 3.63) is 34.9 Å². The second-order valence-corrected chi connectivity index (χ2v) is 7.27. The van der Waals surface area contributed by atoms with Gasteiger partial charge in [0.05, 0.1) is 0 Å². The van der Waals surface area contributed by atoms with Crippen LogP contribution in [0.4, 0.5) is 5.13 Å². The van der Waals surface area contributed by atoms with E-state index in [0.717, 1.165) is 38.2 Å². The second-order valence-electron chi connectivity index (χ2n) is 6.15. The number of amides is 1. The minimum atomic E-state index is -0.0853. The molecule has 0 bridgehead atoms. The summed E-state index contributed by atoms with van der Waals surface area (Å²) in [6.45, 7) is 6.35. The summed E-state index contributed by atoms with van der Waals surface area (Å²) in [5.41, 5.74) is 0.942. The Hall–Kier alpha value is -2.30. The third-order valence-electron chi connectivity index (χ3n) is 3.99. The zero-order valence-corrected chi connectivity index (χ0v) is 15.3. The number of rotatable bonds is 3. The fraction of sp³-hybridized carbons (Fsp3) is 0.444. The second kappa shape index (κ2) is 8.19. The van der Waals surface area contributed by atoms with Gasteiger partial charge in [-0.1, -0.05) is 5.92 Å². The zero-order valence-electron chi connectivity index (χ0n) is 14.5. The van der Waals surface area contributed by atoms with E-state index in [2.05, 4.69) is 37.0 Å². The summed E-state index contributed by atoms with van der Waals surface area (Å²) in [4.78, 5) is 27.4. The molecule has 0 aliphatic carbocycles. The highest BCUT2D eigenvalue weighted by atomic mass is 32.1. The number of carbonyl (C=O) groups is 1. The molecule has 130 valence electrons. The van der Waals surface area contributed by atoms with Crippen LogP contribution in [0.25, 0.3) is 0 Å².